The zero-order chi connectivity index (χ0) is 17.1. The lowest BCUT2D eigenvalue weighted by molar-refractivity contribution is 0.0593. The number of carbonyl (C=O) groups excluding carboxylic acids is 1. The van der Waals surface area contributed by atoms with Gasteiger partial charge in [-0.1, -0.05) is 12.1 Å². The van der Waals surface area contributed by atoms with Crippen LogP contribution in [0.1, 0.15) is 40.4 Å². The van der Waals surface area contributed by atoms with Gasteiger partial charge in [0.05, 0.1) is 18.4 Å². The molecule has 1 saturated heterocycles. The Morgan fingerprint density at radius 3 is 2.75 bits per heavy atom. The average Bonchev–Trinajstić information content (AvgIpc) is 2.98. The van der Waals surface area contributed by atoms with E-state index < -0.39 is 5.97 Å². The number of nitrogens with one attached hydrogen (secondary N) is 1. The number of aromatic nitrogens is 1. The molecule has 1 aliphatic rings. The van der Waals surface area contributed by atoms with Gasteiger partial charge in [-0.25, -0.2) is 4.79 Å². The van der Waals surface area contributed by atoms with Gasteiger partial charge in [-0.3, -0.25) is 0 Å². The molecule has 1 aromatic heterocycles. The number of piperidine rings is 1. The molecule has 3 N–H and O–H groups in total. The monoisotopic (exact) mass is 324 g/mol. The molecule has 2 heterocycles. The summed E-state index contributed by atoms with van der Waals surface area (Å²) in [4.78, 5) is 12.0. The maximum Gasteiger partial charge on any atom is 0.357 e. The van der Waals surface area contributed by atoms with E-state index >= 15 is 0 Å². The van der Waals surface area contributed by atoms with E-state index in [4.69, 9.17) is 15.7 Å². The lowest BCUT2D eigenvalue weighted by atomic mass is 9.91. The maximum absolute atomic E-state index is 12.0. The zero-order valence-corrected chi connectivity index (χ0v) is 13.6. The number of hydrogen-bond acceptors (Lipinski definition) is 5. The standard InChI is InChI=1S/C18H20N4O2/c1-24-18(23)17-16(20)14(9-19)11-22(17)15-6-4-12(5-7-15)13-3-2-8-21-10-13/h4-7,11,13,21H,2-3,8,10,20H2,1H3. The number of nitrogens with zero attached hydrogens (tertiary/aromatic N) is 2. The highest BCUT2D eigenvalue weighted by atomic mass is 16.5. The van der Waals surface area contributed by atoms with Crippen LogP contribution in [0, 0.1) is 11.3 Å². The largest absolute Gasteiger partial charge is 0.464 e. The smallest absolute Gasteiger partial charge is 0.357 e. The summed E-state index contributed by atoms with van der Waals surface area (Å²) in [6, 6.07) is 10.0. The van der Waals surface area contributed by atoms with Gasteiger partial charge in [-0.2, -0.15) is 5.26 Å². The van der Waals surface area contributed by atoms with Gasteiger partial charge in [0.25, 0.3) is 0 Å². The number of rotatable bonds is 3. The number of anilines is 1. The van der Waals surface area contributed by atoms with Crippen LogP contribution >= 0.6 is 0 Å². The molecule has 1 unspecified atom stereocenters. The molecule has 0 amide bonds. The molecule has 124 valence electrons. The van der Waals surface area contributed by atoms with Gasteiger partial charge < -0.3 is 20.4 Å². The highest BCUT2D eigenvalue weighted by Gasteiger charge is 2.22. The molecule has 1 aliphatic heterocycles. The Morgan fingerprint density at radius 2 is 2.17 bits per heavy atom. The van der Waals surface area contributed by atoms with Crippen molar-refractivity contribution in [2.75, 3.05) is 25.9 Å². The molecule has 24 heavy (non-hydrogen) atoms. The predicted octanol–water partition coefficient (Wildman–Crippen LogP) is 2.18. The van der Waals surface area contributed by atoms with Crippen LogP contribution in [0.2, 0.25) is 0 Å². The number of nitrogens with two attached hydrogens (primary N) is 1. The molecule has 6 heteroatoms. The minimum atomic E-state index is -0.561. The molecule has 0 spiro atoms. The van der Waals surface area contributed by atoms with E-state index in [1.165, 1.54) is 25.5 Å². The fourth-order valence-electron chi connectivity index (χ4n) is 3.16. The Labute approximate surface area is 140 Å². The second kappa shape index (κ2) is 6.77. The van der Waals surface area contributed by atoms with Crippen LogP contribution in [-0.2, 0) is 4.74 Å². The van der Waals surface area contributed by atoms with Crippen LogP contribution in [0.25, 0.3) is 5.69 Å². The first-order valence-electron chi connectivity index (χ1n) is 7.96. The summed E-state index contributed by atoms with van der Waals surface area (Å²) in [5.41, 5.74) is 8.55. The number of nitriles is 1. The quantitative estimate of drug-likeness (QED) is 0.844. The Kier molecular flexibility index (Phi) is 4.54. The number of hydrogen-bond donors (Lipinski definition) is 2. The summed E-state index contributed by atoms with van der Waals surface area (Å²) in [7, 11) is 1.30. The molecule has 0 aliphatic carbocycles. The van der Waals surface area contributed by atoms with Crippen LogP contribution < -0.4 is 11.1 Å². The fraction of sp³-hybridized carbons (Fsp3) is 0.333. The van der Waals surface area contributed by atoms with E-state index in [1.807, 2.05) is 18.2 Å². The summed E-state index contributed by atoms with van der Waals surface area (Å²) in [6.07, 6.45) is 3.92. The fourth-order valence-corrected chi connectivity index (χ4v) is 3.16. The molecule has 0 saturated carbocycles. The third-order valence-electron chi connectivity index (χ3n) is 4.48. The molecule has 0 radical (unpaired) electrons. The van der Waals surface area contributed by atoms with Crippen molar-refractivity contribution in [3.63, 3.8) is 0 Å². The van der Waals surface area contributed by atoms with Crippen molar-refractivity contribution in [1.29, 1.82) is 5.26 Å². The molecular weight excluding hydrogens is 304 g/mol. The van der Waals surface area contributed by atoms with Crippen LogP contribution in [0.3, 0.4) is 0 Å². The van der Waals surface area contributed by atoms with Gasteiger partial charge in [0.1, 0.15) is 6.07 Å². The number of esters is 1. The summed E-state index contributed by atoms with van der Waals surface area (Å²) < 4.78 is 6.41. The Balaban J connectivity index is 1.97. The highest BCUT2D eigenvalue weighted by molar-refractivity contribution is 5.95. The van der Waals surface area contributed by atoms with Gasteiger partial charge in [-0.05, 0) is 43.0 Å². The van der Waals surface area contributed by atoms with Gasteiger partial charge in [0.2, 0.25) is 0 Å². The molecule has 0 bridgehead atoms. The van der Waals surface area contributed by atoms with E-state index in [0.717, 1.165) is 18.8 Å². The van der Waals surface area contributed by atoms with Gasteiger partial charge in [-0.15, -0.1) is 0 Å². The van der Waals surface area contributed by atoms with Crippen molar-refractivity contribution in [3.05, 3.63) is 47.3 Å². The predicted molar refractivity (Wildman–Crippen MR) is 91.1 cm³/mol. The third kappa shape index (κ3) is 2.86. The van der Waals surface area contributed by atoms with Crippen molar-refractivity contribution in [2.45, 2.75) is 18.8 Å². The molecule has 3 rings (SSSR count). The van der Waals surface area contributed by atoms with E-state index in [0.29, 0.717) is 5.92 Å². The van der Waals surface area contributed by atoms with Crippen LogP contribution in [-0.4, -0.2) is 30.7 Å². The van der Waals surface area contributed by atoms with Gasteiger partial charge >= 0.3 is 5.97 Å². The molecule has 1 aromatic carbocycles. The van der Waals surface area contributed by atoms with Crippen molar-refractivity contribution >= 4 is 11.7 Å². The number of nitrogen functional groups attached to an aromatic ring is 1. The third-order valence-corrected chi connectivity index (χ3v) is 4.48. The van der Waals surface area contributed by atoms with E-state index in [1.54, 1.807) is 10.8 Å². The van der Waals surface area contributed by atoms with Crippen LogP contribution in [0.5, 0.6) is 0 Å². The molecular formula is C18H20N4O2. The van der Waals surface area contributed by atoms with Crippen molar-refractivity contribution < 1.29 is 9.53 Å². The Bertz CT molecular complexity index is 781. The maximum atomic E-state index is 12.0. The second-order valence-electron chi connectivity index (χ2n) is 5.91. The minimum absolute atomic E-state index is 0.143. The summed E-state index contributed by atoms with van der Waals surface area (Å²) in [5, 5.41) is 12.6. The lowest BCUT2D eigenvalue weighted by Gasteiger charge is -2.23. The first-order valence-corrected chi connectivity index (χ1v) is 7.96. The Hall–Kier alpha value is -2.78. The molecule has 6 nitrogen and oxygen atoms in total. The number of benzene rings is 1. The SMILES string of the molecule is COC(=O)c1c(N)c(C#N)cn1-c1ccc(C2CCCNC2)cc1. The second-order valence-corrected chi connectivity index (χ2v) is 5.91. The number of carbonyl (C=O) groups is 1. The minimum Gasteiger partial charge on any atom is -0.464 e. The van der Waals surface area contributed by atoms with Crippen molar-refractivity contribution in [2.24, 2.45) is 0 Å². The summed E-state index contributed by atoms with van der Waals surface area (Å²) in [6.45, 7) is 2.07. The molecule has 2 aromatic rings. The van der Waals surface area contributed by atoms with Crippen molar-refractivity contribution in [3.8, 4) is 11.8 Å². The van der Waals surface area contributed by atoms with Crippen LogP contribution in [0.4, 0.5) is 5.69 Å². The first-order chi connectivity index (χ1) is 11.7. The van der Waals surface area contributed by atoms with Crippen LogP contribution in [0.15, 0.2) is 30.5 Å². The normalized spacial score (nSPS) is 17.2. The van der Waals surface area contributed by atoms with Gasteiger partial charge in [0.15, 0.2) is 5.69 Å². The first kappa shape index (κ1) is 16.1. The molecule has 1 atom stereocenters. The van der Waals surface area contributed by atoms with E-state index in [-0.39, 0.29) is 16.9 Å². The number of ether oxygens (including phenoxy) is 1. The molecule has 1 fully saturated rings. The summed E-state index contributed by atoms with van der Waals surface area (Å²) in [5.74, 6) is -0.0492. The summed E-state index contributed by atoms with van der Waals surface area (Å²) >= 11 is 0. The topological polar surface area (TPSA) is 93.1 Å². The lowest BCUT2D eigenvalue weighted by Crippen LogP contribution is -2.28. The zero-order valence-electron chi connectivity index (χ0n) is 13.6. The number of methoxy groups -OCH3 is 1. The van der Waals surface area contributed by atoms with E-state index in [9.17, 15) is 4.79 Å². The van der Waals surface area contributed by atoms with Gasteiger partial charge in [0, 0.05) is 18.4 Å². The average molecular weight is 324 g/mol. The Morgan fingerprint density at radius 1 is 1.42 bits per heavy atom. The van der Waals surface area contributed by atoms with E-state index in [2.05, 4.69) is 17.4 Å². The van der Waals surface area contributed by atoms with Crippen molar-refractivity contribution in [1.82, 2.24) is 9.88 Å². The highest BCUT2D eigenvalue weighted by Crippen LogP contribution is 2.27.